The summed E-state index contributed by atoms with van der Waals surface area (Å²) in [5.74, 6) is 1.58. The third kappa shape index (κ3) is 7.13. The first-order chi connectivity index (χ1) is 20.1. The van der Waals surface area contributed by atoms with Gasteiger partial charge in [-0.2, -0.15) is 13.2 Å². The van der Waals surface area contributed by atoms with E-state index in [1.54, 1.807) is 12.0 Å². The minimum Gasteiger partial charge on any atom is -0.497 e. The molecule has 2 heterocycles. The van der Waals surface area contributed by atoms with Crippen LogP contribution in [-0.4, -0.2) is 72.7 Å². The molecule has 1 N–H and O–H groups in total. The van der Waals surface area contributed by atoms with Crippen molar-refractivity contribution in [2.75, 3.05) is 45.2 Å². The van der Waals surface area contributed by atoms with E-state index in [0.717, 1.165) is 47.7 Å². The molecule has 1 saturated heterocycles. The average Bonchev–Trinajstić information content (AvgIpc) is 3.37. The number of carbonyl (C=O) groups is 1. The number of anilines is 1. The fourth-order valence-electron chi connectivity index (χ4n) is 5.56. The van der Waals surface area contributed by atoms with E-state index >= 15 is 0 Å². The van der Waals surface area contributed by atoms with Crippen molar-refractivity contribution < 1.29 is 36.8 Å². The fraction of sp³-hybridized carbons (Fsp3) is 0.483. The zero-order valence-electron chi connectivity index (χ0n) is 23.2. The number of hydrogen-bond donors (Lipinski definition) is 1. The van der Waals surface area contributed by atoms with E-state index < -0.39 is 22.4 Å². The van der Waals surface area contributed by atoms with E-state index in [9.17, 15) is 28.1 Å². The standard InChI is InChI=1S/C29H33F3N4O6/c1-40-23-7-9-27-19(14-23)15-24(42-27)17-34-10-12-35(13-11-34)28(37)18-41-22-5-2-20(3-6-22)33-21-4-8-26(36(38)39)25(16-21)29(30,31)32/h4,7-9,14-16,20,22,33H,2-3,5-6,10-13,17-18H2,1H3/t20-,22-. The molecule has 42 heavy (non-hydrogen) atoms. The fourth-order valence-corrected chi connectivity index (χ4v) is 5.56. The number of rotatable bonds is 9. The maximum absolute atomic E-state index is 13.3. The summed E-state index contributed by atoms with van der Waals surface area (Å²) in [4.78, 5) is 26.8. The number of nitrogens with zero attached hydrogens (tertiary/aromatic N) is 3. The molecule has 13 heteroatoms. The van der Waals surface area contributed by atoms with Crippen LogP contribution in [0.3, 0.4) is 0 Å². The molecule has 0 unspecified atom stereocenters. The molecule has 1 aromatic heterocycles. The normalized spacial score (nSPS) is 20.0. The Morgan fingerprint density at radius 3 is 2.48 bits per heavy atom. The Morgan fingerprint density at radius 1 is 1.07 bits per heavy atom. The summed E-state index contributed by atoms with van der Waals surface area (Å²) in [6, 6.07) is 10.6. The van der Waals surface area contributed by atoms with E-state index in [0.29, 0.717) is 45.3 Å². The van der Waals surface area contributed by atoms with Crippen LogP contribution in [0, 0.1) is 10.1 Å². The molecule has 0 bridgehead atoms. The van der Waals surface area contributed by atoms with Crippen LogP contribution in [0.4, 0.5) is 24.5 Å². The highest BCUT2D eigenvalue weighted by atomic mass is 19.4. The van der Waals surface area contributed by atoms with Gasteiger partial charge in [-0.25, -0.2) is 0 Å². The molecule has 2 fully saturated rings. The van der Waals surface area contributed by atoms with E-state index in [1.165, 1.54) is 6.07 Å². The molecule has 0 atom stereocenters. The molecule has 0 spiro atoms. The van der Waals surface area contributed by atoms with Gasteiger partial charge in [0.2, 0.25) is 5.91 Å². The van der Waals surface area contributed by atoms with Crippen molar-refractivity contribution in [3.05, 3.63) is 63.9 Å². The zero-order chi connectivity index (χ0) is 29.9. The van der Waals surface area contributed by atoms with Gasteiger partial charge in [0.15, 0.2) is 0 Å². The highest BCUT2D eigenvalue weighted by Gasteiger charge is 2.38. The summed E-state index contributed by atoms with van der Waals surface area (Å²) in [6.07, 6.45) is -2.34. The number of fused-ring (bicyclic) bond motifs is 1. The number of nitro groups is 1. The second-order valence-corrected chi connectivity index (χ2v) is 10.7. The van der Waals surface area contributed by atoms with Crippen molar-refractivity contribution in [3.63, 3.8) is 0 Å². The van der Waals surface area contributed by atoms with E-state index in [1.807, 2.05) is 24.3 Å². The summed E-state index contributed by atoms with van der Waals surface area (Å²) in [7, 11) is 1.63. The van der Waals surface area contributed by atoms with Gasteiger partial charge < -0.3 is 24.1 Å². The second-order valence-electron chi connectivity index (χ2n) is 10.7. The molecular formula is C29H33F3N4O6. The lowest BCUT2D eigenvalue weighted by Gasteiger charge is -2.35. The summed E-state index contributed by atoms with van der Waals surface area (Å²) in [6.45, 7) is 3.29. The van der Waals surface area contributed by atoms with Crippen molar-refractivity contribution in [3.8, 4) is 5.75 Å². The molecule has 1 aliphatic carbocycles. The first kappa shape index (κ1) is 29.6. The number of ether oxygens (including phenoxy) is 2. The maximum atomic E-state index is 13.3. The lowest BCUT2D eigenvalue weighted by atomic mass is 9.92. The number of nitrogens with one attached hydrogen (secondary N) is 1. The lowest BCUT2D eigenvalue weighted by molar-refractivity contribution is -0.388. The van der Waals surface area contributed by atoms with Gasteiger partial charge in [-0.3, -0.25) is 19.8 Å². The number of furan rings is 1. The molecule has 1 amide bonds. The van der Waals surface area contributed by atoms with Gasteiger partial charge in [0.1, 0.15) is 29.3 Å². The number of carbonyl (C=O) groups excluding carboxylic acids is 1. The highest BCUT2D eigenvalue weighted by Crippen LogP contribution is 2.38. The molecule has 10 nitrogen and oxygen atoms in total. The molecule has 5 rings (SSSR count). The molecule has 3 aromatic rings. The van der Waals surface area contributed by atoms with Crippen molar-refractivity contribution in [1.29, 1.82) is 0 Å². The van der Waals surface area contributed by atoms with Crippen LogP contribution >= 0.6 is 0 Å². The minimum atomic E-state index is -4.82. The number of piperazine rings is 1. The summed E-state index contributed by atoms with van der Waals surface area (Å²) >= 11 is 0. The molecule has 1 saturated carbocycles. The highest BCUT2D eigenvalue weighted by molar-refractivity contribution is 5.79. The van der Waals surface area contributed by atoms with Gasteiger partial charge >= 0.3 is 6.18 Å². The zero-order valence-corrected chi connectivity index (χ0v) is 23.2. The number of nitro benzene ring substituents is 1. The number of hydrogen-bond acceptors (Lipinski definition) is 8. The van der Waals surface area contributed by atoms with Crippen LogP contribution in [0.2, 0.25) is 0 Å². The van der Waals surface area contributed by atoms with Crippen molar-refractivity contribution >= 4 is 28.3 Å². The van der Waals surface area contributed by atoms with Crippen LogP contribution in [0.1, 0.15) is 37.0 Å². The monoisotopic (exact) mass is 590 g/mol. The molecule has 2 aromatic carbocycles. The average molecular weight is 591 g/mol. The SMILES string of the molecule is COc1ccc2oc(CN3CCN(C(=O)CO[C@H]4CC[C@H](Nc5ccc([N+](=O)[O-])c(C(F)(F)F)c5)CC4)CC3)cc2c1. The number of benzene rings is 2. The van der Waals surface area contributed by atoms with Crippen LogP contribution in [-0.2, 0) is 22.3 Å². The number of alkyl halides is 3. The van der Waals surface area contributed by atoms with E-state index in [-0.39, 0.29) is 30.3 Å². The molecule has 1 aliphatic heterocycles. The third-order valence-corrected chi connectivity index (χ3v) is 7.87. The van der Waals surface area contributed by atoms with Gasteiger partial charge in [-0.15, -0.1) is 0 Å². The van der Waals surface area contributed by atoms with Gasteiger partial charge in [0.25, 0.3) is 5.69 Å². The van der Waals surface area contributed by atoms with Crippen LogP contribution < -0.4 is 10.1 Å². The quantitative estimate of drug-likeness (QED) is 0.259. The number of amides is 1. The first-order valence-corrected chi connectivity index (χ1v) is 13.9. The largest absolute Gasteiger partial charge is 0.497 e. The van der Waals surface area contributed by atoms with Crippen LogP contribution in [0.5, 0.6) is 5.75 Å². The van der Waals surface area contributed by atoms with Crippen molar-refractivity contribution in [2.24, 2.45) is 0 Å². The van der Waals surface area contributed by atoms with Crippen LogP contribution in [0.15, 0.2) is 46.9 Å². The topological polar surface area (TPSA) is 110 Å². The van der Waals surface area contributed by atoms with Gasteiger partial charge in [0.05, 0.1) is 24.7 Å². The molecular weight excluding hydrogens is 557 g/mol. The Hall–Kier alpha value is -3.84. The van der Waals surface area contributed by atoms with Crippen LogP contribution in [0.25, 0.3) is 11.0 Å². The third-order valence-electron chi connectivity index (χ3n) is 7.87. The Bertz CT molecular complexity index is 1410. The Kier molecular flexibility index (Phi) is 8.88. The Balaban J connectivity index is 1.03. The Labute approximate surface area is 240 Å². The first-order valence-electron chi connectivity index (χ1n) is 13.9. The van der Waals surface area contributed by atoms with E-state index in [4.69, 9.17) is 13.9 Å². The smallest absolute Gasteiger partial charge is 0.423 e. The lowest BCUT2D eigenvalue weighted by Crippen LogP contribution is -2.49. The van der Waals surface area contributed by atoms with Gasteiger partial charge in [-0.05, 0) is 62.1 Å². The predicted octanol–water partition coefficient (Wildman–Crippen LogP) is 5.45. The van der Waals surface area contributed by atoms with Crippen molar-refractivity contribution in [2.45, 2.75) is 50.6 Å². The Morgan fingerprint density at radius 2 is 1.81 bits per heavy atom. The molecule has 226 valence electrons. The minimum absolute atomic E-state index is 0.00847. The van der Waals surface area contributed by atoms with E-state index in [2.05, 4.69) is 10.2 Å². The summed E-state index contributed by atoms with van der Waals surface area (Å²) in [5, 5.41) is 15.0. The maximum Gasteiger partial charge on any atom is 0.423 e. The second kappa shape index (κ2) is 12.6. The summed E-state index contributed by atoms with van der Waals surface area (Å²) in [5.41, 5.74) is -1.25. The predicted molar refractivity (Wildman–Crippen MR) is 148 cm³/mol. The molecule has 2 aliphatic rings. The van der Waals surface area contributed by atoms with Gasteiger partial charge in [-0.1, -0.05) is 0 Å². The van der Waals surface area contributed by atoms with Crippen molar-refractivity contribution in [1.82, 2.24) is 9.80 Å². The number of methoxy groups -OCH3 is 1. The summed E-state index contributed by atoms with van der Waals surface area (Å²) < 4.78 is 57.0. The molecule has 0 radical (unpaired) electrons. The van der Waals surface area contributed by atoms with Gasteiger partial charge in [0, 0.05) is 49.4 Å². The number of halogens is 3.